The third-order valence-electron chi connectivity index (χ3n) is 5.41. The number of hydrogen-bond donors (Lipinski definition) is 0. The highest BCUT2D eigenvalue weighted by Crippen LogP contribution is 2.39. The Labute approximate surface area is 151 Å². The van der Waals surface area contributed by atoms with Crippen molar-refractivity contribution in [2.75, 3.05) is 22.9 Å². The molecule has 0 radical (unpaired) electrons. The van der Waals surface area contributed by atoms with E-state index in [9.17, 15) is 0 Å². The second-order valence-electron chi connectivity index (χ2n) is 7.21. The zero-order valence-electron chi connectivity index (χ0n) is 15.3. The van der Waals surface area contributed by atoms with Crippen molar-refractivity contribution in [2.45, 2.75) is 45.8 Å². The van der Waals surface area contributed by atoms with Gasteiger partial charge in [-0.25, -0.2) is 24.9 Å². The highest BCUT2D eigenvalue weighted by Gasteiger charge is 2.46. The Balaban J connectivity index is 1.44. The van der Waals surface area contributed by atoms with Crippen molar-refractivity contribution < 1.29 is 0 Å². The van der Waals surface area contributed by atoms with Gasteiger partial charge >= 0.3 is 0 Å². The van der Waals surface area contributed by atoms with Crippen molar-refractivity contribution >= 4 is 22.9 Å². The number of fused-ring (bicyclic) bond motifs is 3. The van der Waals surface area contributed by atoms with E-state index in [4.69, 9.17) is 0 Å². The number of anilines is 2. The molecule has 6 heterocycles. The molecule has 3 saturated heterocycles. The molecule has 0 saturated carbocycles. The van der Waals surface area contributed by atoms with E-state index >= 15 is 0 Å². The zero-order chi connectivity index (χ0) is 17.8. The van der Waals surface area contributed by atoms with Gasteiger partial charge in [0.15, 0.2) is 17.0 Å². The predicted octanol–water partition coefficient (Wildman–Crippen LogP) is 1.72. The number of piperazine rings is 1. The molecule has 8 heteroatoms. The second kappa shape index (κ2) is 5.62. The molecule has 0 amide bonds. The van der Waals surface area contributed by atoms with E-state index in [-0.39, 0.29) is 0 Å². The van der Waals surface area contributed by atoms with Gasteiger partial charge in [-0.15, -0.1) is 0 Å². The van der Waals surface area contributed by atoms with Crippen LogP contribution in [-0.4, -0.2) is 54.7 Å². The fourth-order valence-corrected chi connectivity index (χ4v) is 4.26. The van der Waals surface area contributed by atoms with Crippen LogP contribution in [-0.2, 0) is 6.54 Å². The molecule has 3 aliphatic rings. The first-order valence-corrected chi connectivity index (χ1v) is 9.15. The molecule has 2 bridgehead atoms. The number of aromatic nitrogens is 6. The van der Waals surface area contributed by atoms with Gasteiger partial charge in [-0.05, 0) is 33.3 Å². The van der Waals surface area contributed by atoms with Gasteiger partial charge in [0.05, 0.1) is 18.4 Å². The first-order chi connectivity index (χ1) is 12.6. The van der Waals surface area contributed by atoms with Crippen LogP contribution in [0.25, 0.3) is 11.2 Å². The SMILES string of the molecule is CCn1cnc2c(N3C4CC3CN(c3nc(C)cc(C)n3)C4)ncnc21. The van der Waals surface area contributed by atoms with Crippen molar-refractivity contribution in [3.05, 3.63) is 30.1 Å². The van der Waals surface area contributed by atoms with E-state index in [1.54, 1.807) is 6.33 Å². The second-order valence-corrected chi connectivity index (χ2v) is 7.21. The Morgan fingerprint density at radius 2 is 1.77 bits per heavy atom. The monoisotopic (exact) mass is 350 g/mol. The molecular formula is C18H22N8. The minimum atomic E-state index is 0.419. The topological polar surface area (TPSA) is 75.9 Å². The summed E-state index contributed by atoms with van der Waals surface area (Å²) in [5.41, 5.74) is 3.86. The van der Waals surface area contributed by atoms with E-state index < -0.39 is 0 Å². The maximum Gasteiger partial charge on any atom is 0.225 e. The van der Waals surface area contributed by atoms with Gasteiger partial charge in [0.25, 0.3) is 0 Å². The van der Waals surface area contributed by atoms with Crippen LogP contribution in [0.2, 0.25) is 0 Å². The molecule has 0 aliphatic carbocycles. The van der Waals surface area contributed by atoms with Crippen LogP contribution in [0.1, 0.15) is 24.7 Å². The molecule has 3 aromatic heterocycles. The summed E-state index contributed by atoms with van der Waals surface area (Å²) < 4.78 is 2.06. The van der Waals surface area contributed by atoms with E-state index in [1.165, 1.54) is 6.42 Å². The van der Waals surface area contributed by atoms with Gasteiger partial charge in [0.2, 0.25) is 5.95 Å². The number of aryl methyl sites for hydroxylation is 3. The predicted molar refractivity (Wildman–Crippen MR) is 99.4 cm³/mol. The van der Waals surface area contributed by atoms with Crippen LogP contribution >= 0.6 is 0 Å². The number of nitrogens with zero attached hydrogens (tertiary/aromatic N) is 8. The summed E-state index contributed by atoms with van der Waals surface area (Å²) in [4.78, 5) is 27.6. The van der Waals surface area contributed by atoms with E-state index in [0.717, 1.165) is 54.0 Å². The van der Waals surface area contributed by atoms with Crippen molar-refractivity contribution in [1.82, 2.24) is 29.5 Å². The number of hydrogen-bond acceptors (Lipinski definition) is 7. The largest absolute Gasteiger partial charge is 0.345 e. The molecule has 26 heavy (non-hydrogen) atoms. The van der Waals surface area contributed by atoms with Crippen molar-refractivity contribution in [1.29, 1.82) is 0 Å². The van der Waals surface area contributed by atoms with E-state index in [0.29, 0.717) is 12.1 Å². The summed E-state index contributed by atoms with van der Waals surface area (Å²) in [5.74, 6) is 1.81. The average Bonchev–Trinajstić information content (AvgIpc) is 3.05. The lowest BCUT2D eigenvalue weighted by Gasteiger charge is -2.56. The Morgan fingerprint density at radius 3 is 2.46 bits per heavy atom. The van der Waals surface area contributed by atoms with Crippen LogP contribution < -0.4 is 9.80 Å². The number of piperidine rings is 1. The molecule has 2 atom stereocenters. The lowest BCUT2D eigenvalue weighted by Crippen LogP contribution is -2.69. The number of rotatable bonds is 3. The lowest BCUT2D eigenvalue weighted by atomic mass is 9.87. The number of imidazole rings is 1. The summed E-state index contributed by atoms with van der Waals surface area (Å²) in [7, 11) is 0. The third kappa shape index (κ3) is 2.24. The molecular weight excluding hydrogens is 328 g/mol. The summed E-state index contributed by atoms with van der Waals surface area (Å²) in [6.07, 6.45) is 4.69. The summed E-state index contributed by atoms with van der Waals surface area (Å²) in [5, 5.41) is 0. The molecule has 0 spiro atoms. The van der Waals surface area contributed by atoms with Crippen molar-refractivity contribution in [3.8, 4) is 0 Å². The summed E-state index contributed by atoms with van der Waals surface area (Å²) in [6, 6.07) is 2.86. The molecule has 3 fully saturated rings. The van der Waals surface area contributed by atoms with Crippen molar-refractivity contribution in [3.63, 3.8) is 0 Å². The van der Waals surface area contributed by atoms with Crippen LogP contribution in [0.5, 0.6) is 0 Å². The lowest BCUT2D eigenvalue weighted by molar-refractivity contribution is 0.287. The first-order valence-electron chi connectivity index (χ1n) is 9.15. The van der Waals surface area contributed by atoms with Gasteiger partial charge in [-0.1, -0.05) is 0 Å². The molecule has 0 N–H and O–H groups in total. The zero-order valence-corrected chi connectivity index (χ0v) is 15.3. The van der Waals surface area contributed by atoms with Crippen LogP contribution in [0.3, 0.4) is 0 Å². The smallest absolute Gasteiger partial charge is 0.225 e. The maximum atomic E-state index is 4.63. The minimum Gasteiger partial charge on any atom is -0.345 e. The maximum absolute atomic E-state index is 4.63. The highest BCUT2D eigenvalue weighted by molar-refractivity contribution is 5.84. The molecule has 134 valence electrons. The van der Waals surface area contributed by atoms with Gasteiger partial charge in [0, 0.05) is 31.0 Å². The molecule has 3 aromatic rings. The summed E-state index contributed by atoms with van der Waals surface area (Å²) >= 11 is 0. The Kier molecular flexibility index (Phi) is 3.35. The minimum absolute atomic E-state index is 0.419. The van der Waals surface area contributed by atoms with Gasteiger partial charge in [-0.2, -0.15) is 0 Å². The first kappa shape index (κ1) is 15.5. The quantitative estimate of drug-likeness (QED) is 0.712. The Bertz CT molecular complexity index is 948. The van der Waals surface area contributed by atoms with Gasteiger partial charge in [-0.3, -0.25) is 0 Å². The molecule has 6 rings (SSSR count). The standard InChI is InChI=1S/C18H22N8/c1-4-24-10-21-15-16(24)19-9-20-17(15)26-13-6-14(26)8-25(7-13)18-22-11(2)5-12(3)23-18/h5,9-10,13-14H,4,6-8H2,1-3H3. The van der Waals surface area contributed by atoms with Crippen LogP contribution in [0.4, 0.5) is 11.8 Å². The van der Waals surface area contributed by atoms with Gasteiger partial charge in [0.1, 0.15) is 6.33 Å². The molecule has 8 nitrogen and oxygen atoms in total. The van der Waals surface area contributed by atoms with Crippen LogP contribution in [0, 0.1) is 13.8 Å². The van der Waals surface area contributed by atoms with Gasteiger partial charge < -0.3 is 14.4 Å². The fourth-order valence-electron chi connectivity index (χ4n) is 4.26. The molecule has 2 unspecified atom stereocenters. The third-order valence-corrected chi connectivity index (χ3v) is 5.41. The molecule has 0 aromatic carbocycles. The fraction of sp³-hybridized carbons (Fsp3) is 0.500. The molecule has 3 aliphatic heterocycles. The average molecular weight is 350 g/mol. The highest BCUT2D eigenvalue weighted by atomic mass is 15.4. The van der Waals surface area contributed by atoms with Crippen molar-refractivity contribution in [2.24, 2.45) is 0 Å². The Hall–Kier alpha value is -2.77. The summed E-state index contributed by atoms with van der Waals surface area (Å²) in [6.45, 7) is 8.84. The normalized spacial score (nSPS) is 22.0. The van der Waals surface area contributed by atoms with E-state index in [1.807, 2.05) is 26.2 Å². The Morgan fingerprint density at radius 1 is 1.04 bits per heavy atom. The van der Waals surface area contributed by atoms with Crippen LogP contribution in [0.15, 0.2) is 18.7 Å². The van der Waals surface area contributed by atoms with E-state index in [2.05, 4.69) is 46.2 Å².